The standard InChI is InChI=1S/C9H15N3O3S2/c1-6(4-15-2)3-10-8-11-12-9(17-8)16-5-7(13)14/h6H,3-5H2,1-2H3,(H,10,11)(H,13,14). The first-order chi connectivity index (χ1) is 8.11. The maximum absolute atomic E-state index is 10.4. The number of hydrogen-bond donors (Lipinski definition) is 2. The van der Waals surface area contributed by atoms with Crippen LogP contribution in [0.15, 0.2) is 4.34 Å². The van der Waals surface area contributed by atoms with Crippen molar-refractivity contribution in [2.24, 2.45) is 5.92 Å². The van der Waals surface area contributed by atoms with Gasteiger partial charge in [0.1, 0.15) is 0 Å². The Kier molecular flexibility index (Phi) is 6.23. The largest absolute Gasteiger partial charge is 0.481 e. The highest BCUT2D eigenvalue weighted by atomic mass is 32.2. The molecule has 0 fully saturated rings. The van der Waals surface area contributed by atoms with Crippen LogP contribution in [0.3, 0.4) is 0 Å². The first kappa shape index (κ1) is 14.2. The van der Waals surface area contributed by atoms with Crippen molar-refractivity contribution in [2.45, 2.75) is 11.3 Å². The summed E-state index contributed by atoms with van der Waals surface area (Å²) in [4.78, 5) is 10.4. The van der Waals surface area contributed by atoms with Crippen LogP contribution in [0.5, 0.6) is 0 Å². The molecule has 0 aliphatic carbocycles. The molecular weight excluding hydrogens is 262 g/mol. The van der Waals surface area contributed by atoms with E-state index in [4.69, 9.17) is 9.84 Å². The van der Waals surface area contributed by atoms with Crippen LogP contribution in [0.4, 0.5) is 5.13 Å². The molecule has 0 amide bonds. The third kappa shape index (κ3) is 5.85. The van der Waals surface area contributed by atoms with E-state index in [9.17, 15) is 4.79 Å². The van der Waals surface area contributed by atoms with E-state index in [0.717, 1.165) is 6.54 Å². The number of methoxy groups -OCH3 is 1. The number of carbonyl (C=O) groups is 1. The fourth-order valence-corrected chi connectivity index (χ4v) is 2.55. The molecule has 0 spiro atoms. The lowest BCUT2D eigenvalue weighted by Crippen LogP contribution is -2.15. The molecule has 1 rings (SSSR count). The third-order valence-corrected chi connectivity index (χ3v) is 3.78. The first-order valence-corrected chi connectivity index (χ1v) is 6.83. The molecule has 0 aliphatic heterocycles. The van der Waals surface area contributed by atoms with E-state index in [1.54, 1.807) is 7.11 Å². The summed E-state index contributed by atoms with van der Waals surface area (Å²) in [5.74, 6) is -0.457. The van der Waals surface area contributed by atoms with Gasteiger partial charge >= 0.3 is 5.97 Å². The molecule has 8 heteroatoms. The molecule has 0 aromatic carbocycles. The molecule has 2 N–H and O–H groups in total. The summed E-state index contributed by atoms with van der Waals surface area (Å²) < 4.78 is 5.68. The van der Waals surface area contributed by atoms with Crippen LogP contribution in [-0.4, -0.2) is 47.3 Å². The Balaban J connectivity index is 2.32. The summed E-state index contributed by atoms with van der Waals surface area (Å²) in [6, 6.07) is 0. The summed E-state index contributed by atoms with van der Waals surface area (Å²) in [6.45, 7) is 3.51. The summed E-state index contributed by atoms with van der Waals surface area (Å²) >= 11 is 2.53. The summed E-state index contributed by atoms with van der Waals surface area (Å²) in [7, 11) is 1.67. The second kappa shape index (κ2) is 7.46. The molecule has 96 valence electrons. The third-order valence-electron chi connectivity index (χ3n) is 1.78. The first-order valence-electron chi connectivity index (χ1n) is 5.02. The van der Waals surface area contributed by atoms with Gasteiger partial charge in [0.05, 0.1) is 12.4 Å². The molecule has 6 nitrogen and oxygen atoms in total. The number of hydrogen-bond acceptors (Lipinski definition) is 7. The highest BCUT2D eigenvalue weighted by molar-refractivity contribution is 8.01. The number of thioether (sulfide) groups is 1. The van der Waals surface area contributed by atoms with Crippen molar-refractivity contribution in [3.63, 3.8) is 0 Å². The van der Waals surface area contributed by atoms with Gasteiger partial charge in [-0.15, -0.1) is 10.2 Å². The van der Waals surface area contributed by atoms with E-state index in [-0.39, 0.29) is 5.75 Å². The van der Waals surface area contributed by atoms with Crippen molar-refractivity contribution < 1.29 is 14.6 Å². The number of nitrogens with one attached hydrogen (secondary N) is 1. The Morgan fingerprint density at radius 1 is 1.65 bits per heavy atom. The van der Waals surface area contributed by atoms with Gasteiger partial charge in [0, 0.05) is 13.7 Å². The Bertz CT molecular complexity index is 359. The predicted octanol–water partition coefficient (Wildman–Crippen LogP) is 1.41. The molecule has 1 aromatic rings. The fraction of sp³-hybridized carbons (Fsp3) is 0.667. The van der Waals surface area contributed by atoms with E-state index in [2.05, 4.69) is 22.4 Å². The minimum atomic E-state index is -0.853. The monoisotopic (exact) mass is 277 g/mol. The van der Waals surface area contributed by atoms with Crippen LogP contribution in [0, 0.1) is 5.92 Å². The van der Waals surface area contributed by atoms with Gasteiger partial charge in [-0.25, -0.2) is 0 Å². The molecule has 1 aromatic heterocycles. The van der Waals surface area contributed by atoms with E-state index >= 15 is 0 Å². The molecule has 17 heavy (non-hydrogen) atoms. The Morgan fingerprint density at radius 2 is 2.41 bits per heavy atom. The Labute approximate surface area is 108 Å². The highest BCUT2D eigenvalue weighted by Gasteiger charge is 2.08. The smallest absolute Gasteiger partial charge is 0.313 e. The molecule has 0 radical (unpaired) electrons. The minimum Gasteiger partial charge on any atom is -0.481 e. The number of ether oxygens (including phenoxy) is 1. The van der Waals surface area contributed by atoms with Crippen molar-refractivity contribution in [3.8, 4) is 0 Å². The molecule has 0 aliphatic rings. The maximum Gasteiger partial charge on any atom is 0.313 e. The van der Waals surface area contributed by atoms with Crippen LogP contribution in [0.25, 0.3) is 0 Å². The van der Waals surface area contributed by atoms with E-state index in [1.165, 1.54) is 23.1 Å². The summed E-state index contributed by atoms with van der Waals surface area (Å²) in [5.41, 5.74) is 0. The van der Waals surface area contributed by atoms with Gasteiger partial charge in [0.2, 0.25) is 5.13 Å². The fourth-order valence-electron chi connectivity index (χ4n) is 1.07. The van der Waals surface area contributed by atoms with Crippen LogP contribution in [0.1, 0.15) is 6.92 Å². The van der Waals surface area contributed by atoms with Crippen LogP contribution in [-0.2, 0) is 9.53 Å². The van der Waals surface area contributed by atoms with E-state index in [0.29, 0.717) is 22.0 Å². The zero-order valence-electron chi connectivity index (χ0n) is 9.67. The van der Waals surface area contributed by atoms with Crippen molar-refractivity contribution in [3.05, 3.63) is 0 Å². The number of aromatic nitrogens is 2. The van der Waals surface area contributed by atoms with E-state index < -0.39 is 5.97 Å². The topological polar surface area (TPSA) is 84.3 Å². The number of rotatable bonds is 8. The van der Waals surface area contributed by atoms with Gasteiger partial charge in [0.25, 0.3) is 0 Å². The average molecular weight is 277 g/mol. The number of nitrogens with zero attached hydrogens (tertiary/aromatic N) is 2. The molecular formula is C9H15N3O3S2. The van der Waals surface area contributed by atoms with Crippen molar-refractivity contribution >= 4 is 34.2 Å². The number of anilines is 1. The van der Waals surface area contributed by atoms with Crippen molar-refractivity contribution in [2.75, 3.05) is 31.3 Å². The minimum absolute atomic E-state index is 0.00864. The lowest BCUT2D eigenvalue weighted by atomic mass is 10.2. The zero-order valence-corrected chi connectivity index (χ0v) is 11.3. The number of aliphatic carboxylic acids is 1. The quantitative estimate of drug-likeness (QED) is 0.695. The van der Waals surface area contributed by atoms with Crippen LogP contribution >= 0.6 is 23.1 Å². The lowest BCUT2D eigenvalue weighted by Gasteiger charge is -2.09. The predicted molar refractivity (Wildman–Crippen MR) is 67.8 cm³/mol. The van der Waals surface area contributed by atoms with E-state index in [1.807, 2.05) is 0 Å². The number of carboxylic acids is 1. The molecule has 0 saturated carbocycles. The molecule has 1 heterocycles. The molecule has 1 unspecified atom stereocenters. The summed E-state index contributed by atoms with van der Waals surface area (Å²) in [6.07, 6.45) is 0. The van der Waals surface area contributed by atoms with Gasteiger partial charge in [-0.2, -0.15) is 0 Å². The molecule has 0 saturated heterocycles. The van der Waals surface area contributed by atoms with Crippen molar-refractivity contribution in [1.29, 1.82) is 0 Å². The highest BCUT2D eigenvalue weighted by Crippen LogP contribution is 2.25. The van der Waals surface area contributed by atoms with Gasteiger partial charge in [-0.05, 0) is 5.92 Å². The van der Waals surface area contributed by atoms with Gasteiger partial charge in [-0.3, -0.25) is 4.79 Å². The Hall–Kier alpha value is -0.860. The Morgan fingerprint density at radius 3 is 3.06 bits per heavy atom. The number of carboxylic acid groups (broad SMARTS) is 1. The molecule has 1 atom stereocenters. The normalized spacial score (nSPS) is 12.4. The lowest BCUT2D eigenvalue weighted by molar-refractivity contribution is -0.133. The zero-order chi connectivity index (χ0) is 12.7. The van der Waals surface area contributed by atoms with Crippen molar-refractivity contribution in [1.82, 2.24) is 10.2 Å². The van der Waals surface area contributed by atoms with Crippen LogP contribution < -0.4 is 5.32 Å². The maximum atomic E-state index is 10.4. The second-order valence-corrected chi connectivity index (χ2v) is 5.70. The molecule has 0 bridgehead atoms. The van der Waals surface area contributed by atoms with Crippen LogP contribution in [0.2, 0.25) is 0 Å². The SMILES string of the molecule is COCC(C)CNc1nnc(SCC(=O)O)s1. The van der Waals surface area contributed by atoms with Gasteiger partial charge in [-0.1, -0.05) is 30.0 Å². The second-order valence-electron chi connectivity index (χ2n) is 3.50. The van der Waals surface area contributed by atoms with Gasteiger partial charge in [0.15, 0.2) is 4.34 Å². The average Bonchev–Trinajstić information content (AvgIpc) is 2.72. The summed E-state index contributed by atoms with van der Waals surface area (Å²) in [5, 5.41) is 20.2. The van der Waals surface area contributed by atoms with Gasteiger partial charge < -0.3 is 15.2 Å².